The Balaban J connectivity index is 3.60. The van der Waals surface area contributed by atoms with E-state index in [1.54, 1.807) is 14.0 Å². The molecule has 0 heterocycles. The van der Waals surface area contributed by atoms with E-state index in [1.807, 2.05) is 0 Å². The molecule has 7 heteroatoms. The summed E-state index contributed by atoms with van der Waals surface area (Å²) in [6.07, 6.45) is -3.63. The second-order valence-corrected chi connectivity index (χ2v) is 3.54. The van der Waals surface area contributed by atoms with Gasteiger partial charge in [-0.25, -0.2) is 8.78 Å². The SMILES string of the molecule is COCCNCC(C)NCC(F)(F)C(F)F. The van der Waals surface area contributed by atoms with E-state index in [0.29, 0.717) is 19.7 Å². The predicted molar refractivity (Wildman–Crippen MR) is 53.2 cm³/mol. The van der Waals surface area contributed by atoms with E-state index in [0.717, 1.165) is 0 Å². The maximum atomic E-state index is 12.5. The van der Waals surface area contributed by atoms with Crippen molar-refractivity contribution in [1.29, 1.82) is 0 Å². The second kappa shape index (κ2) is 7.81. The maximum absolute atomic E-state index is 12.5. The van der Waals surface area contributed by atoms with Crippen LogP contribution in [0.2, 0.25) is 0 Å². The van der Waals surface area contributed by atoms with Crippen molar-refractivity contribution in [2.75, 3.05) is 33.4 Å². The third-order valence-corrected chi connectivity index (χ3v) is 1.94. The Kier molecular flexibility index (Phi) is 7.61. The Morgan fingerprint density at radius 1 is 1.31 bits per heavy atom. The summed E-state index contributed by atoms with van der Waals surface area (Å²) in [5.74, 6) is -3.97. The van der Waals surface area contributed by atoms with Crippen molar-refractivity contribution in [2.45, 2.75) is 25.3 Å². The van der Waals surface area contributed by atoms with E-state index in [-0.39, 0.29) is 6.04 Å². The number of methoxy groups -OCH3 is 1. The fraction of sp³-hybridized carbons (Fsp3) is 1.00. The van der Waals surface area contributed by atoms with E-state index < -0.39 is 18.9 Å². The van der Waals surface area contributed by atoms with Crippen LogP contribution in [0.3, 0.4) is 0 Å². The van der Waals surface area contributed by atoms with Crippen molar-refractivity contribution in [2.24, 2.45) is 0 Å². The Labute approximate surface area is 92.5 Å². The molecule has 2 N–H and O–H groups in total. The van der Waals surface area contributed by atoms with Gasteiger partial charge in [-0.3, -0.25) is 0 Å². The quantitative estimate of drug-likeness (QED) is 0.472. The third-order valence-electron chi connectivity index (χ3n) is 1.94. The van der Waals surface area contributed by atoms with Crippen LogP contribution in [0.5, 0.6) is 0 Å². The van der Waals surface area contributed by atoms with Crippen LogP contribution < -0.4 is 10.6 Å². The fourth-order valence-corrected chi connectivity index (χ4v) is 0.952. The zero-order chi connectivity index (χ0) is 12.6. The minimum absolute atomic E-state index is 0.304. The summed E-state index contributed by atoms with van der Waals surface area (Å²) in [6.45, 7) is 2.15. The Morgan fingerprint density at radius 3 is 2.44 bits per heavy atom. The zero-order valence-corrected chi connectivity index (χ0v) is 9.40. The summed E-state index contributed by atoms with van der Waals surface area (Å²) in [5, 5.41) is 5.28. The molecule has 0 aliphatic carbocycles. The molecule has 16 heavy (non-hydrogen) atoms. The first-order valence-electron chi connectivity index (χ1n) is 4.99. The number of rotatable bonds is 9. The van der Waals surface area contributed by atoms with Gasteiger partial charge in [0.15, 0.2) is 0 Å². The van der Waals surface area contributed by atoms with Gasteiger partial charge >= 0.3 is 12.3 Å². The van der Waals surface area contributed by atoms with Gasteiger partial charge in [0.05, 0.1) is 13.2 Å². The van der Waals surface area contributed by atoms with Crippen LogP contribution in [0.15, 0.2) is 0 Å². The van der Waals surface area contributed by atoms with E-state index in [1.165, 1.54) is 0 Å². The van der Waals surface area contributed by atoms with Crippen LogP contribution in [0, 0.1) is 0 Å². The molecule has 0 saturated heterocycles. The van der Waals surface area contributed by atoms with Crippen molar-refractivity contribution in [3.05, 3.63) is 0 Å². The lowest BCUT2D eigenvalue weighted by Crippen LogP contribution is -2.45. The molecule has 0 aromatic rings. The van der Waals surface area contributed by atoms with Crippen molar-refractivity contribution < 1.29 is 22.3 Å². The van der Waals surface area contributed by atoms with Gasteiger partial charge in [-0.1, -0.05) is 0 Å². The van der Waals surface area contributed by atoms with Gasteiger partial charge in [0.1, 0.15) is 0 Å². The lowest BCUT2D eigenvalue weighted by atomic mass is 10.3. The predicted octanol–water partition coefficient (Wildman–Crippen LogP) is 1.10. The molecule has 0 bridgehead atoms. The van der Waals surface area contributed by atoms with Gasteiger partial charge in [0.2, 0.25) is 0 Å². The van der Waals surface area contributed by atoms with Gasteiger partial charge in [-0.15, -0.1) is 0 Å². The van der Waals surface area contributed by atoms with Crippen molar-refractivity contribution in [1.82, 2.24) is 10.6 Å². The number of hydrogen-bond donors (Lipinski definition) is 2. The molecule has 0 aromatic heterocycles. The number of ether oxygens (including phenoxy) is 1. The highest BCUT2D eigenvalue weighted by molar-refractivity contribution is 4.75. The minimum Gasteiger partial charge on any atom is -0.383 e. The highest BCUT2D eigenvalue weighted by atomic mass is 19.3. The molecule has 0 rings (SSSR count). The van der Waals surface area contributed by atoms with Gasteiger partial charge < -0.3 is 15.4 Å². The first-order valence-corrected chi connectivity index (χ1v) is 4.99. The van der Waals surface area contributed by atoms with Crippen LogP contribution in [-0.2, 0) is 4.74 Å². The van der Waals surface area contributed by atoms with Gasteiger partial charge in [-0.05, 0) is 6.92 Å². The van der Waals surface area contributed by atoms with Crippen molar-refractivity contribution >= 4 is 0 Å². The van der Waals surface area contributed by atoms with Gasteiger partial charge in [0.25, 0.3) is 0 Å². The second-order valence-electron chi connectivity index (χ2n) is 3.54. The van der Waals surface area contributed by atoms with Gasteiger partial charge in [0, 0.05) is 26.2 Å². The molecule has 3 nitrogen and oxygen atoms in total. The summed E-state index contributed by atoms with van der Waals surface area (Å²) in [4.78, 5) is 0. The summed E-state index contributed by atoms with van der Waals surface area (Å²) in [6, 6.07) is -0.304. The monoisotopic (exact) mass is 246 g/mol. The summed E-state index contributed by atoms with van der Waals surface area (Å²) in [5.41, 5.74) is 0. The summed E-state index contributed by atoms with van der Waals surface area (Å²) >= 11 is 0. The molecule has 1 unspecified atom stereocenters. The number of nitrogens with one attached hydrogen (secondary N) is 2. The Hall–Kier alpha value is -0.400. The molecule has 0 amide bonds. The lowest BCUT2D eigenvalue weighted by molar-refractivity contribution is -0.126. The Bertz CT molecular complexity index is 181. The zero-order valence-electron chi connectivity index (χ0n) is 9.40. The molecule has 0 fully saturated rings. The first-order chi connectivity index (χ1) is 7.40. The van der Waals surface area contributed by atoms with Crippen LogP contribution in [-0.4, -0.2) is 51.7 Å². The molecule has 1 atom stereocenters. The molecule has 98 valence electrons. The largest absolute Gasteiger partial charge is 0.383 e. The highest BCUT2D eigenvalue weighted by Gasteiger charge is 2.40. The molecule has 0 aliphatic rings. The standard InChI is InChI=1S/C9H18F4N2O/c1-7(5-14-3-4-16-2)15-6-9(12,13)8(10)11/h7-8,14-15H,3-6H2,1-2H3. The fourth-order valence-electron chi connectivity index (χ4n) is 0.952. The number of hydrogen-bond acceptors (Lipinski definition) is 3. The van der Waals surface area contributed by atoms with Crippen LogP contribution in [0.4, 0.5) is 17.6 Å². The summed E-state index contributed by atoms with van der Waals surface area (Å²) < 4.78 is 53.3. The molecular weight excluding hydrogens is 228 g/mol. The summed E-state index contributed by atoms with van der Waals surface area (Å²) in [7, 11) is 1.55. The maximum Gasteiger partial charge on any atom is 0.319 e. The Morgan fingerprint density at radius 2 is 1.94 bits per heavy atom. The smallest absolute Gasteiger partial charge is 0.319 e. The molecule has 0 radical (unpaired) electrons. The topological polar surface area (TPSA) is 33.3 Å². The molecular formula is C9H18F4N2O. The average molecular weight is 246 g/mol. The molecule has 0 aliphatic heterocycles. The molecule has 0 aromatic carbocycles. The van der Waals surface area contributed by atoms with E-state index >= 15 is 0 Å². The van der Waals surface area contributed by atoms with E-state index in [4.69, 9.17) is 4.74 Å². The molecule has 0 saturated carbocycles. The van der Waals surface area contributed by atoms with Crippen LogP contribution in [0.1, 0.15) is 6.92 Å². The van der Waals surface area contributed by atoms with Crippen LogP contribution in [0.25, 0.3) is 0 Å². The number of alkyl halides is 4. The van der Waals surface area contributed by atoms with Crippen molar-refractivity contribution in [3.63, 3.8) is 0 Å². The van der Waals surface area contributed by atoms with Crippen molar-refractivity contribution in [3.8, 4) is 0 Å². The number of halogens is 4. The van der Waals surface area contributed by atoms with E-state index in [2.05, 4.69) is 10.6 Å². The lowest BCUT2D eigenvalue weighted by Gasteiger charge is -2.20. The third kappa shape index (κ3) is 6.97. The highest BCUT2D eigenvalue weighted by Crippen LogP contribution is 2.21. The minimum atomic E-state index is -3.97. The average Bonchev–Trinajstić information content (AvgIpc) is 2.21. The van der Waals surface area contributed by atoms with E-state index in [9.17, 15) is 17.6 Å². The van der Waals surface area contributed by atoms with Gasteiger partial charge in [-0.2, -0.15) is 8.78 Å². The molecule has 0 spiro atoms. The van der Waals surface area contributed by atoms with Crippen LogP contribution >= 0.6 is 0 Å². The first kappa shape index (κ1) is 15.6. The normalized spacial score (nSPS) is 14.4.